The summed E-state index contributed by atoms with van der Waals surface area (Å²) < 4.78 is 24.9. The summed E-state index contributed by atoms with van der Waals surface area (Å²) in [4.78, 5) is 12.6. The minimum absolute atomic E-state index is 0.108. The third-order valence-electron chi connectivity index (χ3n) is 4.82. The molecule has 0 aliphatic heterocycles. The second-order valence-corrected chi connectivity index (χ2v) is 7.44. The lowest BCUT2D eigenvalue weighted by molar-refractivity contribution is -0.112. The molecule has 168 valence electrons. The Morgan fingerprint density at radius 2 is 1.91 bits per heavy atom. The Morgan fingerprint density at radius 1 is 1.18 bits per heavy atom. The van der Waals surface area contributed by atoms with Gasteiger partial charge >= 0.3 is 0 Å². The molecule has 3 aromatic rings. The van der Waals surface area contributed by atoms with Crippen LogP contribution in [0, 0.1) is 17.1 Å². The van der Waals surface area contributed by atoms with Crippen molar-refractivity contribution in [3.8, 4) is 17.6 Å². The van der Waals surface area contributed by atoms with Gasteiger partial charge in [0.15, 0.2) is 0 Å². The number of anilines is 1. The Balaban J connectivity index is 1.84. The average Bonchev–Trinajstić information content (AvgIpc) is 2.81. The third kappa shape index (κ3) is 6.12. The van der Waals surface area contributed by atoms with E-state index in [4.69, 9.17) is 21.1 Å². The average molecular weight is 465 g/mol. The van der Waals surface area contributed by atoms with Crippen molar-refractivity contribution in [3.05, 3.63) is 93.8 Å². The highest BCUT2D eigenvalue weighted by atomic mass is 35.5. The summed E-state index contributed by atoms with van der Waals surface area (Å²) in [5.41, 5.74) is 2.02. The van der Waals surface area contributed by atoms with E-state index >= 15 is 0 Å². The summed E-state index contributed by atoms with van der Waals surface area (Å²) >= 11 is 6.47. The van der Waals surface area contributed by atoms with Crippen LogP contribution in [0.25, 0.3) is 6.08 Å². The maximum Gasteiger partial charge on any atom is 0.266 e. The number of nitrogens with one attached hydrogen (secondary N) is 1. The predicted molar refractivity (Wildman–Crippen MR) is 127 cm³/mol. The maximum absolute atomic E-state index is 14.1. The van der Waals surface area contributed by atoms with E-state index in [0.717, 1.165) is 0 Å². The van der Waals surface area contributed by atoms with Gasteiger partial charge in [-0.25, -0.2) is 4.39 Å². The summed E-state index contributed by atoms with van der Waals surface area (Å²) in [6.45, 7) is 2.42. The van der Waals surface area contributed by atoms with Crippen molar-refractivity contribution in [2.75, 3.05) is 19.0 Å². The molecule has 3 aromatic carbocycles. The molecular formula is C26H22ClFN2O3. The van der Waals surface area contributed by atoms with E-state index in [1.165, 1.54) is 19.3 Å². The summed E-state index contributed by atoms with van der Waals surface area (Å²) in [6, 6.07) is 18.4. The molecule has 0 atom stereocenters. The number of ether oxygens (including phenoxy) is 2. The lowest BCUT2D eigenvalue weighted by atomic mass is 10.0. The van der Waals surface area contributed by atoms with Gasteiger partial charge in [-0.15, -0.1) is 0 Å². The molecule has 0 fully saturated rings. The number of amides is 1. The fourth-order valence-electron chi connectivity index (χ4n) is 3.22. The first-order chi connectivity index (χ1) is 15.9. The van der Waals surface area contributed by atoms with Gasteiger partial charge < -0.3 is 14.8 Å². The first-order valence-corrected chi connectivity index (χ1v) is 10.6. The molecule has 7 heteroatoms. The number of carbonyl (C=O) groups excluding carboxylic acids is 1. The first-order valence-electron chi connectivity index (χ1n) is 10.2. The van der Waals surface area contributed by atoms with Crippen LogP contribution >= 0.6 is 11.6 Å². The SMILES string of the molecule is CCOc1ccc(NC(=O)/C(C#N)=C/c2cc(Cl)c(Cc3ccccc3F)c(OC)c2)cc1. The zero-order chi connectivity index (χ0) is 23.8. The zero-order valence-corrected chi connectivity index (χ0v) is 18.9. The molecule has 1 N–H and O–H groups in total. The highest BCUT2D eigenvalue weighted by Gasteiger charge is 2.15. The number of hydrogen-bond donors (Lipinski definition) is 1. The van der Waals surface area contributed by atoms with Crippen LogP contribution in [0.3, 0.4) is 0 Å². The smallest absolute Gasteiger partial charge is 0.266 e. The second kappa shape index (κ2) is 11.2. The highest BCUT2D eigenvalue weighted by molar-refractivity contribution is 6.31. The molecule has 0 heterocycles. The van der Waals surface area contributed by atoms with Crippen LogP contribution in [0.4, 0.5) is 10.1 Å². The standard InChI is InChI=1S/C26H22ClFN2O3/c1-3-33-21-10-8-20(9-11-21)30-26(31)19(16-29)12-17-13-23(27)22(25(14-17)32-2)15-18-6-4-5-7-24(18)28/h4-14H,3,15H2,1-2H3,(H,30,31)/b19-12+. The number of rotatable bonds is 8. The molecule has 0 aliphatic rings. The van der Waals surface area contributed by atoms with E-state index in [1.54, 1.807) is 54.6 Å². The van der Waals surface area contributed by atoms with Crippen molar-refractivity contribution in [2.45, 2.75) is 13.3 Å². The fourth-order valence-corrected chi connectivity index (χ4v) is 3.50. The molecule has 0 saturated carbocycles. The van der Waals surface area contributed by atoms with Crippen LogP contribution in [0.1, 0.15) is 23.6 Å². The minimum Gasteiger partial charge on any atom is -0.496 e. The van der Waals surface area contributed by atoms with E-state index < -0.39 is 5.91 Å². The maximum atomic E-state index is 14.1. The molecule has 0 saturated heterocycles. The minimum atomic E-state index is -0.563. The van der Waals surface area contributed by atoms with Crippen LogP contribution in [-0.2, 0) is 11.2 Å². The zero-order valence-electron chi connectivity index (χ0n) is 18.2. The Bertz CT molecular complexity index is 1220. The van der Waals surface area contributed by atoms with Crippen molar-refractivity contribution >= 4 is 29.3 Å². The molecule has 0 unspecified atom stereocenters. The lowest BCUT2D eigenvalue weighted by Gasteiger charge is -2.13. The van der Waals surface area contributed by atoms with Crippen molar-refractivity contribution < 1.29 is 18.7 Å². The van der Waals surface area contributed by atoms with Crippen LogP contribution in [-0.4, -0.2) is 19.6 Å². The normalized spacial score (nSPS) is 10.9. The Hall–Kier alpha value is -3.82. The van der Waals surface area contributed by atoms with Gasteiger partial charge in [0.2, 0.25) is 0 Å². The number of hydrogen-bond acceptors (Lipinski definition) is 4. The van der Waals surface area contributed by atoms with Gasteiger partial charge in [0.05, 0.1) is 13.7 Å². The molecule has 0 aromatic heterocycles. The van der Waals surface area contributed by atoms with Gasteiger partial charge in [-0.3, -0.25) is 4.79 Å². The van der Waals surface area contributed by atoms with Gasteiger partial charge in [0.25, 0.3) is 5.91 Å². The lowest BCUT2D eigenvalue weighted by Crippen LogP contribution is -2.13. The topological polar surface area (TPSA) is 71.3 Å². The van der Waals surface area contributed by atoms with E-state index in [9.17, 15) is 14.4 Å². The third-order valence-corrected chi connectivity index (χ3v) is 5.16. The summed E-state index contributed by atoms with van der Waals surface area (Å²) in [5, 5.41) is 12.5. The number of methoxy groups -OCH3 is 1. The van der Waals surface area contributed by atoms with Crippen LogP contribution in [0.2, 0.25) is 5.02 Å². The van der Waals surface area contributed by atoms with Gasteiger partial charge in [-0.2, -0.15) is 5.26 Å². The van der Waals surface area contributed by atoms with Crippen LogP contribution in [0.15, 0.2) is 66.2 Å². The fraction of sp³-hybridized carbons (Fsp3) is 0.154. The Morgan fingerprint density at radius 3 is 2.55 bits per heavy atom. The van der Waals surface area contributed by atoms with Gasteiger partial charge in [0.1, 0.15) is 29.0 Å². The van der Waals surface area contributed by atoms with Gasteiger partial charge in [-0.1, -0.05) is 29.8 Å². The molecule has 5 nitrogen and oxygen atoms in total. The molecule has 0 spiro atoms. The number of benzene rings is 3. The Labute approximate surface area is 197 Å². The molecule has 3 rings (SSSR count). The van der Waals surface area contributed by atoms with Crippen molar-refractivity contribution in [1.82, 2.24) is 0 Å². The predicted octanol–water partition coefficient (Wildman–Crippen LogP) is 6.02. The molecule has 0 aliphatic carbocycles. The monoisotopic (exact) mass is 464 g/mol. The van der Waals surface area contributed by atoms with E-state index in [-0.39, 0.29) is 17.8 Å². The van der Waals surface area contributed by atoms with Gasteiger partial charge in [0, 0.05) is 22.7 Å². The summed E-state index contributed by atoms with van der Waals surface area (Å²) in [5.74, 6) is 0.217. The first kappa shape index (κ1) is 23.8. The molecule has 33 heavy (non-hydrogen) atoms. The number of carbonyl (C=O) groups is 1. The van der Waals surface area contributed by atoms with Crippen LogP contribution < -0.4 is 14.8 Å². The van der Waals surface area contributed by atoms with E-state index in [0.29, 0.717) is 45.5 Å². The number of nitrogens with zero attached hydrogens (tertiary/aromatic N) is 1. The van der Waals surface area contributed by atoms with Crippen molar-refractivity contribution in [1.29, 1.82) is 5.26 Å². The van der Waals surface area contributed by atoms with E-state index in [2.05, 4.69) is 5.32 Å². The largest absolute Gasteiger partial charge is 0.496 e. The second-order valence-electron chi connectivity index (χ2n) is 7.03. The molecule has 0 radical (unpaired) electrons. The van der Waals surface area contributed by atoms with Crippen molar-refractivity contribution in [2.24, 2.45) is 0 Å². The van der Waals surface area contributed by atoms with E-state index in [1.807, 2.05) is 13.0 Å². The highest BCUT2D eigenvalue weighted by Crippen LogP contribution is 2.32. The Kier molecular flexibility index (Phi) is 8.06. The summed E-state index contributed by atoms with van der Waals surface area (Å²) in [6.07, 6.45) is 1.66. The summed E-state index contributed by atoms with van der Waals surface area (Å²) in [7, 11) is 1.48. The van der Waals surface area contributed by atoms with Crippen LogP contribution in [0.5, 0.6) is 11.5 Å². The molecule has 1 amide bonds. The number of halogens is 2. The van der Waals surface area contributed by atoms with Crippen molar-refractivity contribution in [3.63, 3.8) is 0 Å². The quantitative estimate of drug-likeness (QED) is 0.326. The molecular weight excluding hydrogens is 443 g/mol. The number of nitriles is 1. The van der Waals surface area contributed by atoms with Gasteiger partial charge in [-0.05, 0) is 66.6 Å². The molecule has 0 bridgehead atoms.